The van der Waals surface area contributed by atoms with Gasteiger partial charge in [-0.15, -0.1) is 0 Å². The van der Waals surface area contributed by atoms with Crippen LogP contribution in [-0.4, -0.2) is 36.5 Å². The molecule has 0 aliphatic heterocycles. The van der Waals surface area contributed by atoms with Crippen molar-refractivity contribution in [3.8, 4) is 16.9 Å². The largest absolute Gasteiger partial charge is 0.497 e. The number of hydrogen-bond acceptors (Lipinski definition) is 8. The van der Waals surface area contributed by atoms with Crippen molar-refractivity contribution < 1.29 is 28.1 Å². The van der Waals surface area contributed by atoms with Crippen LogP contribution in [0.4, 0.5) is 11.4 Å². The number of ether oxygens (including phenoxy) is 1. The minimum Gasteiger partial charge on any atom is -0.497 e. The second-order valence-electron chi connectivity index (χ2n) is 8.49. The van der Waals surface area contributed by atoms with Crippen LogP contribution in [0.25, 0.3) is 11.1 Å². The molecule has 3 aromatic carbocycles. The summed E-state index contributed by atoms with van der Waals surface area (Å²) in [5, 5.41) is 20.8. The van der Waals surface area contributed by atoms with Gasteiger partial charge in [0.1, 0.15) is 5.75 Å². The van der Waals surface area contributed by atoms with Crippen molar-refractivity contribution in [1.29, 1.82) is 0 Å². The number of nitro benzene ring substituents is 1. The van der Waals surface area contributed by atoms with E-state index in [1.807, 2.05) is 0 Å². The van der Waals surface area contributed by atoms with Gasteiger partial charge in [-0.25, -0.2) is 13.9 Å². The second kappa shape index (κ2) is 11.3. The molecule has 11 nitrogen and oxygen atoms in total. The van der Waals surface area contributed by atoms with Gasteiger partial charge >= 0.3 is 0 Å². The molecule has 0 radical (unpaired) electrons. The highest BCUT2D eigenvalue weighted by Gasteiger charge is 2.31. The van der Waals surface area contributed by atoms with Crippen molar-refractivity contribution in [3.63, 3.8) is 0 Å². The summed E-state index contributed by atoms with van der Waals surface area (Å²) in [5.74, 6) is -0.493. The van der Waals surface area contributed by atoms with Gasteiger partial charge in [-0.3, -0.25) is 29.4 Å². The highest BCUT2D eigenvalue weighted by atomic mass is 32.2. The fourth-order valence-electron chi connectivity index (χ4n) is 4.13. The van der Waals surface area contributed by atoms with Crippen molar-refractivity contribution >= 4 is 27.3 Å². The Hall–Kier alpha value is -4.81. The van der Waals surface area contributed by atoms with Gasteiger partial charge in [-0.1, -0.05) is 18.2 Å². The number of non-ortho nitro benzene ring substituents is 1. The minimum atomic E-state index is -4.26. The first kappa shape index (κ1) is 27.2. The number of sulfonamides is 1. The molecule has 4 aromatic rings. The number of nitrogens with zero attached hydrogens (tertiary/aromatic N) is 3. The molecule has 200 valence electrons. The van der Waals surface area contributed by atoms with Crippen LogP contribution < -0.4 is 14.5 Å². The summed E-state index contributed by atoms with van der Waals surface area (Å²) in [4.78, 5) is 27.7. The molecule has 1 heterocycles. The number of methoxy groups -OCH3 is 1. The highest BCUT2D eigenvalue weighted by Crippen LogP contribution is 2.36. The van der Waals surface area contributed by atoms with E-state index in [2.05, 4.69) is 4.98 Å². The number of hydroxylamine groups is 1. The fraction of sp³-hybridized carbons (Fsp3) is 0.111. The molecular formula is C27H24N4O7S. The number of carbonyl (C=O) groups is 1. The number of aryl methyl sites for hydroxylation is 1. The molecule has 0 aliphatic rings. The Kier molecular flexibility index (Phi) is 7.88. The third kappa shape index (κ3) is 5.71. The Morgan fingerprint density at radius 1 is 1.08 bits per heavy atom. The molecule has 1 amide bonds. The van der Waals surface area contributed by atoms with Crippen LogP contribution >= 0.6 is 0 Å². The van der Waals surface area contributed by atoms with Crippen molar-refractivity contribution in [3.05, 3.63) is 112 Å². The lowest BCUT2D eigenvalue weighted by atomic mass is 9.97. The minimum absolute atomic E-state index is 0.0235. The van der Waals surface area contributed by atoms with Gasteiger partial charge in [0.15, 0.2) is 0 Å². The zero-order chi connectivity index (χ0) is 28.2. The zero-order valence-electron chi connectivity index (χ0n) is 20.9. The van der Waals surface area contributed by atoms with Gasteiger partial charge in [0, 0.05) is 24.5 Å². The van der Waals surface area contributed by atoms with E-state index in [1.165, 1.54) is 61.8 Å². The van der Waals surface area contributed by atoms with E-state index < -0.39 is 20.9 Å². The Balaban J connectivity index is 1.95. The fourth-order valence-corrected chi connectivity index (χ4v) is 5.66. The lowest BCUT2D eigenvalue weighted by Crippen LogP contribution is -2.34. The van der Waals surface area contributed by atoms with Gasteiger partial charge in [-0.2, -0.15) is 0 Å². The van der Waals surface area contributed by atoms with Crippen LogP contribution in [0.5, 0.6) is 5.75 Å². The van der Waals surface area contributed by atoms with E-state index in [0.29, 0.717) is 28.0 Å². The van der Waals surface area contributed by atoms with Crippen LogP contribution in [0.3, 0.4) is 0 Å². The normalized spacial score (nSPS) is 11.1. The Labute approximate surface area is 224 Å². The van der Waals surface area contributed by atoms with E-state index in [1.54, 1.807) is 42.9 Å². The lowest BCUT2D eigenvalue weighted by Gasteiger charge is -2.28. The van der Waals surface area contributed by atoms with E-state index in [4.69, 9.17) is 4.74 Å². The third-order valence-electron chi connectivity index (χ3n) is 5.98. The summed E-state index contributed by atoms with van der Waals surface area (Å²) in [6.45, 7) is 1.44. The third-order valence-corrected chi connectivity index (χ3v) is 7.74. The molecule has 0 bridgehead atoms. The number of aromatic nitrogens is 1. The number of benzene rings is 3. The molecule has 39 heavy (non-hydrogen) atoms. The maximum atomic E-state index is 14.0. The van der Waals surface area contributed by atoms with Crippen molar-refractivity contribution in [2.75, 3.05) is 11.4 Å². The number of hydrogen-bond donors (Lipinski definition) is 2. The Morgan fingerprint density at radius 3 is 2.44 bits per heavy atom. The van der Waals surface area contributed by atoms with Crippen LogP contribution in [0.2, 0.25) is 0 Å². The first-order chi connectivity index (χ1) is 18.6. The highest BCUT2D eigenvalue weighted by molar-refractivity contribution is 7.92. The number of amides is 1. The predicted octanol–water partition coefficient (Wildman–Crippen LogP) is 4.49. The summed E-state index contributed by atoms with van der Waals surface area (Å²) < 4.78 is 34.3. The van der Waals surface area contributed by atoms with E-state index >= 15 is 0 Å². The first-order valence-electron chi connectivity index (χ1n) is 11.6. The SMILES string of the molecule is COc1ccc(S(=O)(=O)N(Cc2cccnc2)c2c(C)cc(-c3cccc([N+](=O)[O-])c3)cc2C(=O)NO)cc1. The number of pyridine rings is 1. The number of carbonyl (C=O) groups excluding carboxylic acids is 1. The standard InChI is InChI=1S/C27H24N4O7S/c1-18-13-21(20-6-3-7-22(14-20)31(34)35)15-25(27(32)29-33)26(18)30(17-19-5-4-12-28-16-19)39(36,37)24-10-8-23(38-2)9-11-24/h3-16,33H,17H2,1-2H3,(H,29,32). The molecule has 0 fully saturated rings. The van der Waals surface area contributed by atoms with Crippen LogP contribution in [0, 0.1) is 17.0 Å². The average Bonchev–Trinajstić information content (AvgIpc) is 2.96. The van der Waals surface area contributed by atoms with Crippen LogP contribution in [0.15, 0.2) is 90.1 Å². The Bertz CT molecular complexity index is 1630. The van der Waals surface area contributed by atoms with Gasteiger partial charge in [-0.05, 0) is 71.6 Å². The van der Waals surface area contributed by atoms with Crippen molar-refractivity contribution in [1.82, 2.24) is 10.5 Å². The number of nitrogens with one attached hydrogen (secondary N) is 1. The van der Waals surface area contributed by atoms with Gasteiger partial charge in [0.25, 0.3) is 21.6 Å². The van der Waals surface area contributed by atoms with Crippen molar-refractivity contribution in [2.45, 2.75) is 18.4 Å². The average molecular weight is 549 g/mol. The lowest BCUT2D eigenvalue weighted by molar-refractivity contribution is -0.384. The summed E-state index contributed by atoms with van der Waals surface area (Å²) in [6.07, 6.45) is 3.06. The smallest absolute Gasteiger partial charge is 0.276 e. The van der Waals surface area contributed by atoms with Gasteiger partial charge < -0.3 is 4.74 Å². The van der Waals surface area contributed by atoms with E-state index in [0.717, 1.165) is 4.31 Å². The molecule has 12 heteroatoms. The quantitative estimate of drug-likeness (QED) is 0.176. The maximum absolute atomic E-state index is 14.0. The number of anilines is 1. The molecule has 0 aliphatic carbocycles. The van der Waals surface area contributed by atoms with Crippen LogP contribution in [0.1, 0.15) is 21.5 Å². The molecule has 0 unspecified atom stereocenters. The molecule has 0 saturated heterocycles. The molecule has 4 rings (SSSR count). The Morgan fingerprint density at radius 2 is 1.82 bits per heavy atom. The maximum Gasteiger partial charge on any atom is 0.276 e. The summed E-state index contributed by atoms with van der Waals surface area (Å²) in [5.41, 5.74) is 3.08. The summed E-state index contributed by atoms with van der Waals surface area (Å²) >= 11 is 0. The molecule has 0 saturated carbocycles. The summed E-state index contributed by atoms with van der Waals surface area (Å²) in [6, 6.07) is 18.0. The molecule has 2 N–H and O–H groups in total. The predicted molar refractivity (Wildman–Crippen MR) is 143 cm³/mol. The van der Waals surface area contributed by atoms with Crippen LogP contribution in [-0.2, 0) is 16.6 Å². The van der Waals surface area contributed by atoms with Gasteiger partial charge in [0.2, 0.25) is 0 Å². The molecule has 0 spiro atoms. The summed E-state index contributed by atoms with van der Waals surface area (Å²) in [7, 11) is -2.80. The monoisotopic (exact) mass is 548 g/mol. The number of rotatable bonds is 9. The first-order valence-corrected chi connectivity index (χ1v) is 13.0. The topological polar surface area (TPSA) is 152 Å². The van der Waals surface area contributed by atoms with Gasteiger partial charge in [0.05, 0.1) is 34.7 Å². The molecular weight excluding hydrogens is 524 g/mol. The number of nitro groups is 1. The van der Waals surface area contributed by atoms with E-state index in [9.17, 15) is 28.5 Å². The van der Waals surface area contributed by atoms with E-state index in [-0.39, 0.29) is 28.4 Å². The second-order valence-corrected chi connectivity index (χ2v) is 10.3. The molecule has 0 atom stereocenters. The molecule has 1 aromatic heterocycles. The van der Waals surface area contributed by atoms with Crippen molar-refractivity contribution in [2.24, 2.45) is 0 Å². The zero-order valence-corrected chi connectivity index (χ0v) is 21.8.